The molecule has 132 valence electrons. The van der Waals surface area contributed by atoms with E-state index in [2.05, 4.69) is 9.97 Å². The predicted molar refractivity (Wildman–Crippen MR) is 90.9 cm³/mol. The fourth-order valence-corrected chi connectivity index (χ4v) is 2.81. The van der Waals surface area contributed by atoms with Crippen molar-refractivity contribution in [2.45, 2.75) is 18.9 Å². The predicted octanol–water partition coefficient (Wildman–Crippen LogP) is 1.72. The van der Waals surface area contributed by atoms with Gasteiger partial charge in [-0.15, -0.1) is 0 Å². The molecule has 1 saturated heterocycles. The van der Waals surface area contributed by atoms with Crippen LogP contribution in [0.25, 0.3) is 0 Å². The molecule has 1 atom stereocenters. The highest BCUT2D eigenvalue weighted by molar-refractivity contribution is 5.79. The van der Waals surface area contributed by atoms with Crippen LogP contribution in [0.4, 0.5) is 0 Å². The van der Waals surface area contributed by atoms with E-state index in [1.165, 1.54) is 7.11 Å². The Morgan fingerprint density at radius 3 is 2.76 bits per heavy atom. The van der Waals surface area contributed by atoms with Crippen LogP contribution < -0.4 is 14.2 Å². The SMILES string of the molecule is COc1cccc(CC(=O)N2CCC(Oc3nccnc3OC)C2)c1. The lowest BCUT2D eigenvalue weighted by Crippen LogP contribution is -2.32. The first kappa shape index (κ1) is 17.0. The van der Waals surface area contributed by atoms with Gasteiger partial charge in [0.1, 0.15) is 11.9 Å². The largest absolute Gasteiger partial charge is 0.497 e. The highest BCUT2D eigenvalue weighted by Gasteiger charge is 2.28. The third kappa shape index (κ3) is 4.17. The first-order valence-electron chi connectivity index (χ1n) is 8.12. The molecule has 1 aliphatic heterocycles. The molecule has 1 fully saturated rings. The summed E-state index contributed by atoms with van der Waals surface area (Å²) in [7, 11) is 3.14. The Labute approximate surface area is 146 Å². The molecule has 7 nitrogen and oxygen atoms in total. The number of hydrogen-bond donors (Lipinski definition) is 0. The van der Waals surface area contributed by atoms with Crippen molar-refractivity contribution in [1.29, 1.82) is 0 Å². The van der Waals surface area contributed by atoms with E-state index in [1.807, 2.05) is 29.2 Å². The Morgan fingerprint density at radius 1 is 1.20 bits per heavy atom. The van der Waals surface area contributed by atoms with Crippen LogP contribution in [0, 0.1) is 0 Å². The Bertz CT molecular complexity index is 738. The van der Waals surface area contributed by atoms with E-state index in [1.54, 1.807) is 19.5 Å². The van der Waals surface area contributed by atoms with Crippen molar-refractivity contribution in [1.82, 2.24) is 14.9 Å². The molecule has 0 bridgehead atoms. The van der Waals surface area contributed by atoms with E-state index in [-0.39, 0.29) is 12.0 Å². The number of likely N-dealkylation sites (tertiary alicyclic amines) is 1. The molecule has 2 heterocycles. The third-order valence-electron chi connectivity index (χ3n) is 4.09. The molecule has 25 heavy (non-hydrogen) atoms. The number of nitrogens with zero attached hydrogens (tertiary/aromatic N) is 3. The fourth-order valence-electron chi connectivity index (χ4n) is 2.81. The Morgan fingerprint density at radius 2 is 2.00 bits per heavy atom. The molecule has 0 N–H and O–H groups in total. The number of ether oxygens (including phenoxy) is 3. The second-order valence-corrected chi connectivity index (χ2v) is 5.77. The topological polar surface area (TPSA) is 73.8 Å². The summed E-state index contributed by atoms with van der Waals surface area (Å²) in [6.45, 7) is 1.19. The highest BCUT2D eigenvalue weighted by Crippen LogP contribution is 2.24. The van der Waals surface area contributed by atoms with Crippen molar-refractivity contribution < 1.29 is 19.0 Å². The van der Waals surface area contributed by atoms with Crippen molar-refractivity contribution in [2.75, 3.05) is 27.3 Å². The fraction of sp³-hybridized carbons (Fsp3) is 0.389. The molecule has 7 heteroatoms. The zero-order valence-electron chi connectivity index (χ0n) is 14.3. The number of carbonyl (C=O) groups is 1. The molecular formula is C18H21N3O4. The Balaban J connectivity index is 1.57. The highest BCUT2D eigenvalue weighted by atomic mass is 16.5. The lowest BCUT2D eigenvalue weighted by Gasteiger charge is -2.17. The number of rotatable bonds is 6. The normalized spacial score (nSPS) is 16.6. The van der Waals surface area contributed by atoms with Crippen LogP contribution in [0.3, 0.4) is 0 Å². The lowest BCUT2D eigenvalue weighted by molar-refractivity contribution is -0.129. The number of benzene rings is 1. The average molecular weight is 343 g/mol. The maximum Gasteiger partial charge on any atom is 0.278 e. The summed E-state index contributed by atoms with van der Waals surface area (Å²) in [5.41, 5.74) is 0.935. The number of aromatic nitrogens is 2. The van der Waals surface area contributed by atoms with Crippen molar-refractivity contribution >= 4 is 5.91 Å². The molecule has 1 unspecified atom stereocenters. The average Bonchev–Trinajstić information content (AvgIpc) is 3.11. The summed E-state index contributed by atoms with van der Waals surface area (Å²) in [5.74, 6) is 1.54. The van der Waals surface area contributed by atoms with Crippen molar-refractivity contribution in [3.8, 4) is 17.5 Å². The van der Waals surface area contributed by atoms with Crippen LogP contribution in [0.2, 0.25) is 0 Å². The van der Waals surface area contributed by atoms with Gasteiger partial charge in [0.2, 0.25) is 5.91 Å². The molecule has 1 aromatic heterocycles. The van der Waals surface area contributed by atoms with Crippen molar-refractivity contribution in [3.63, 3.8) is 0 Å². The quantitative estimate of drug-likeness (QED) is 0.795. The Hall–Kier alpha value is -2.83. The van der Waals surface area contributed by atoms with Gasteiger partial charge in [0, 0.05) is 25.4 Å². The van der Waals surface area contributed by atoms with Crippen LogP contribution in [-0.4, -0.2) is 54.2 Å². The molecule has 1 aliphatic rings. The van der Waals surface area contributed by atoms with E-state index in [0.29, 0.717) is 31.3 Å². The van der Waals surface area contributed by atoms with Gasteiger partial charge in [0.05, 0.1) is 27.2 Å². The van der Waals surface area contributed by atoms with E-state index in [4.69, 9.17) is 14.2 Å². The summed E-state index contributed by atoms with van der Waals surface area (Å²) in [6, 6.07) is 7.56. The van der Waals surface area contributed by atoms with Gasteiger partial charge in [-0.25, -0.2) is 9.97 Å². The zero-order valence-corrected chi connectivity index (χ0v) is 14.3. The molecule has 1 amide bonds. The van der Waals surface area contributed by atoms with E-state index in [9.17, 15) is 4.79 Å². The van der Waals surface area contributed by atoms with Gasteiger partial charge in [-0.05, 0) is 17.7 Å². The molecular weight excluding hydrogens is 322 g/mol. The van der Waals surface area contributed by atoms with Crippen LogP contribution in [0.1, 0.15) is 12.0 Å². The van der Waals surface area contributed by atoms with E-state index < -0.39 is 0 Å². The van der Waals surface area contributed by atoms with Crippen molar-refractivity contribution in [2.24, 2.45) is 0 Å². The van der Waals surface area contributed by atoms with Gasteiger partial charge in [-0.3, -0.25) is 4.79 Å². The molecule has 0 radical (unpaired) electrons. The van der Waals surface area contributed by atoms with Gasteiger partial charge in [-0.1, -0.05) is 12.1 Å². The van der Waals surface area contributed by atoms with Crippen LogP contribution in [0.15, 0.2) is 36.7 Å². The molecule has 1 aromatic carbocycles. The number of carbonyl (C=O) groups excluding carboxylic acids is 1. The van der Waals surface area contributed by atoms with Crippen LogP contribution >= 0.6 is 0 Å². The minimum Gasteiger partial charge on any atom is -0.497 e. The van der Waals surface area contributed by atoms with Crippen LogP contribution in [0.5, 0.6) is 17.5 Å². The van der Waals surface area contributed by atoms with Gasteiger partial charge >= 0.3 is 0 Å². The van der Waals surface area contributed by atoms with Crippen LogP contribution in [-0.2, 0) is 11.2 Å². The smallest absolute Gasteiger partial charge is 0.278 e. The van der Waals surface area contributed by atoms with E-state index >= 15 is 0 Å². The zero-order chi connectivity index (χ0) is 17.6. The van der Waals surface area contributed by atoms with Gasteiger partial charge in [-0.2, -0.15) is 0 Å². The molecule has 3 rings (SSSR count). The van der Waals surface area contributed by atoms with Gasteiger partial charge in [0.25, 0.3) is 11.8 Å². The second kappa shape index (κ2) is 7.83. The van der Waals surface area contributed by atoms with Gasteiger partial charge < -0.3 is 19.1 Å². The molecule has 0 spiro atoms. The first-order valence-corrected chi connectivity index (χ1v) is 8.12. The summed E-state index contributed by atoms with van der Waals surface area (Å²) >= 11 is 0. The summed E-state index contributed by atoms with van der Waals surface area (Å²) in [6.07, 6.45) is 4.09. The van der Waals surface area contributed by atoms with Crippen molar-refractivity contribution in [3.05, 3.63) is 42.2 Å². The minimum absolute atomic E-state index is 0.0745. The monoisotopic (exact) mass is 343 g/mol. The standard InChI is InChI=1S/C18H21N3O4/c1-23-14-5-3-4-13(10-14)11-16(22)21-9-6-15(12-21)25-18-17(24-2)19-7-8-20-18/h3-5,7-8,10,15H,6,9,11-12H2,1-2H3. The second-order valence-electron chi connectivity index (χ2n) is 5.77. The van der Waals surface area contributed by atoms with E-state index in [0.717, 1.165) is 17.7 Å². The number of hydrogen-bond acceptors (Lipinski definition) is 6. The molecule has 2 aromatic rings. The lowest BCUT2D eigenvalue weighted by atomic mass is 10.1. The maximum absolute atomic E-state index is 12.5. The summed E-state index contributed by atoms with van der Waals surface area (Å²) < 4.78 is 16.2. The number of methoxy groups -OCH3 is 2. The molecule has 0 saturated carbocycles. The minimum atomic E-state index is -0.111. The number of amides is 1. The summed E-state index contributed by atoms with van der Waals surface area (Å²) in [5, 5.41) is 0. The molecule has 0 aliphatic carbocycles. The maximum atomic E-state index is 12.5. The first-order chi connectivity index (χ1) is 12.2. The van der Waals surface area contributed by atoms with Gasteiger partial charge in [0.15, 0.2) is 0 Å². The Kier molecular flexibility index (Phi) is 5.33. The third-order valence-corrected chi connectivity index (χ3v) is 4.09. The summed E-state index contributed by atoms with van der Waals surface area (Å²) in [4.78, 5) is 22.5.